The fourth-order valence-corrected chi connectivity index (χ4v) is 1.44. The number of nitrogens with two attached hydrogens (primary N) is 1. The molecule has 1 nitrogen and oxygen atoms in total. The molecule has 96 valence electrons. The lowest BCUT2D eigenvalue weighted by Crippen LogP contribution is -2.17. The minimum atomic E-state index is -5.08. The number of rotatable bonds is 1. The zero-order valence-electron chi connectivity index (χ0n) is 8.71. The van der Waals surface area contributed by atoms with Crippen LogP contribution in [-0.2, 0) is 18.8 Å². The Balaban J connectivity index is 3.54. The Kier molecular flexibility index (Phi) is 3.31. The van der Waals surface area contributed by atoms with E-state index in [1.165, 1.54) is 6.92 Å². The van der Waals surface area contributed by atoms with Gasteiger partial charge in [0.1, 0.15) is 0 Å². The number of benzene rings is 1. The molecule has 7 heteroatoms. The molecular weight excluding hydrogens is 248 g/mol. The van der Waals surface area contributed by atoms with Gasteiger partial charge in [-0.2, -0.15) is 26.3 Å². The fourth-order valence-electron chi connectivity index (χ4n) is 1.44. The summed E-state index contributed by atoms with van der Waals surface area (Å²) < 4.78 is 74.8. The second-order valence-electron chi connectivity index (χ2n) is 3.45. The highest BCUT2D eigenvalue weighted by atomic mass is 19.4. The van der Waals surface area contributed by atoms with Gasteiger partial charge in [-0.1, -0.05) is 6.92 Å². The molecule has 0 spiro atoms. The molecule has 0 bridgehead atoms. The summed E-state index contributed by atoms with van der Waals surface area (Å²) in [6.07, 6.45) is -10.00. The van der Waals surface area contributed by atoms with Gasteiger partial charge < -0.3 is 5.73 Å². The molecule has 0 saturated carbocycles. The topological polar surface area (TPSA) is 26.0 Å². The molecule has 0 aromatic heterocycles. The molecule has 1 aromatic rings. The Morgan fingerprint density at radius 2 is 1.35 bits per heavy atom. The van der Waals surface area contributed by atoms with Crippen molar-refractivity contribution in [3.05, 3.63) is 28.8 Å². The van der Waals surface area contributed by atoms with Gasteiger partial charge in [0.25, 0.3) is 0 Å². The second-order valence-corrected chi connectivity index (χ2v) is 3.45. The fraction of sp³-hybridized carbons (Fsp3) is 0.400. The van der Waals surface area contributed by atoms with Gasteiger partial charge in [0.2, 0.25) is 0 Å². The van der Waals surface area contributed by atoms with Crippen LogP contribution in [0.1, 0.15) is 23.6 Å². The quantitative estimate of drug-likeness (QED) is 0.599. The van der Waals surface area contributed by atoms with Gasteiger partial charge in [-0.25, -0.2) is 0 Å². The third-order valence-corrected chi connectivity index (χ3v) is 2.27. The molecule has 0 saturated heterocycles. The lowest BCUT2D eigenvalue weighted by atomic mass is 10.00. The van der Waals surface area contributed by atoms with Crippen LogP contribution in [0.2, 0.25) is 0 Å². The number of aryl methyl sites for hydroxylation is 1. The molecule has 0 aliphatic heterocycles. The Morgan fingerprint density at radius 3 is 1.71 bits per heavy atom. The van der Waals surface area contributed by atoms with Crippen LogP contribution >= 0.6 is 0 Å². The van der Waals surface area contributed by atoms with Crippen molar-refractivity contribution < 1.29 is 26.3 Å². The third kappa shape index (κ3) is 2.83. The summed E-state index contributed by atoms with van der Waals surface area (Å²) in [5, 5.41) is 0. The van der Waals surface area contributed by atoms with Crippen molar-refractivity contribution in [2.45, 2.75) is 25.7 Å². The maximum atomic E-state index is 12.5. The zero-order chi connectivity index (χ0) is 13.4. The molecule has 0 heterocycles. The SMILES string of the molecule is CCc1cc(C(F)(F)F)c(C(F)(F)F)cc1N. The highest BCUT2D eigenvalue weighted by Gasteiger charge is 2.43. The van der Waals surface area contributed by atoms with Gasteiger partial charge in [-0.15, -0.1) is 0 Å². The summed E-state index contributed by atoms with van der Waals surface area (Å²) in [6.45, 7) is 1.51. The first-order valence-corrected chi connectivity index (χ1v) is 4.64. The van der Waals surface area contributed by atoms with E-state index >= 15 is 0 Å². The van der Waals surface area contributed by atoms with Gasteiger partial charge >= 0.3 is 12.4 Å². The molecule has 0 unspecified atom stereocenters. The molecule has 17 heavy (non-hydrogen) atoms. The van der Waals surface area contributed by atoms with E-state index in [0.717, 1.165) is 0 Å². The van der Waals surface area contributed by atoms with Crippen LogP contribution in [0.25, 0.3) is 0 Å². The summed E-state index contributed by atoms with van der Waals surface area (Å²) >= 11 is 0. The van der Waals surface area contributed by atoms with Crippen LogP contribution in [0.4, 0.5) is 32.0 Å². The standard InChI is InChI=1S/C10H9F6N/c1-2-5-3-6(9(11,12)13)7(4-8(5)17)10(14,15)16/h3-4H,2,17H2,1H3. The Bertz CT molecular complexity index is 418. The predicted octanol–water partition coefficient (Wildman–Crippen LogP) is 3.87. The summed E-state index contributed by atoms with van der Waals surface area (Å²) in [6, 6.07) is 0.791. The largest absolute Gasteiger partial charge is 0.417 e. The minimum Gasteiger partial charge on any atom is -0.398 e. The Labute approximate surface area is 93.2 Å². The van der Waals surface area contributed by atoms with Gasteiger partial charge in [-0.05, 0) is 24.1 Å². The Hall–Kier alpha value is -1.40. The molecular formula is C10H9F6N. The molecule has 0 fully saturated rings. The van der Waals surface area contributed by atoms with Gasteiger partial charge in [0.05, 0.1) is 11.1 Å². The highest BCUT2D eigenvalue weighted by Crippen LogP contribution is 2.42. The third-order valence-electron chi connectivity index (χ3n) is 2.27. The van der Waals surface area contributed by atoms with E-state index in [4.69, 9.17) is 5.73 Å². The van der Waals surface area contributed by atoms with E-state index in [2.05, 4.69) is 0 Å². The number of hydrogen-bond donors (Lipinski definition) is 1. The normalized spacial score (nSPS) is 12.9. The smallest absolute Gasteiger partial charge is 0.398 e. The highest BCUT2D eigenvalue weighted by molar-refractivity contribution is 5.53. The lowest BCUT2D eigenvalue weighted by molar-refractivity contribution is -0.162. The molecule has 0 aliphatic rings. The first-order valence-electron chi connectivity index (χ1n) is 4.64. The van der Waals surface area contributed by atoms with Crippen LogP contribution in [-0.4, -0.2) is 0 Å². The summed E-state index contributed by atoms with van der Waals surface area (Å²) in [5.74, 6) is 0. The van der Waals surface area contributed by atoms with Crippen LogP contribution in [0.5, 0.6) is 0 Å². The number of nitrogen functional groups attached to an aromatic ring is 1. The first kappa shape index (κ1) is 13.7. The van der Waals surface area contributed by atoms with Gasteiger partial charge in [0.15, 0.2) is 0 Å². The summed E-state index contributed by atoms with van der Waals surface area (Å²) in [7, 11) is 0. The van der Waals surface area contributed by atoms with E-state index in [-0.39, 0.29) is 17.7 Å². The summed E-state index contributed by atoms with van der Waals surface area (Å²) in [4.78, 5) is 0. The number of anilines is 1. The number of halogens is 6. The predicted molar refractivity (Wildman–Crippen MR) is 50.2 cm³/mol. The van der Waals surface area contributed by atoms with Crippen molar-refractivity contribution >= 4 is 5.69 Å². The van der Waals surface area contributed by atoms with Crippen molar-refractivity contribution in [2.24, 2.45) is 0 Å². The van der Waals surface area contributed by atoms with Crippen LogP contribution in [0, 0.1) is 0 Å². The zero-order valence-corrected chi connectivity index (χ0v) is 8.71. The van der Waals surface area contributed by atoms with Gasteiger partial charge in [-0.3, -0.25) is 0 Å². The van der Waals surface area contributed by atoms with E-state index < -0.39 is 23.5 Å². The average Bonchev–Trinajstić information content (AvgIpc) is 2.14. The van der Waals surface area contributed by atoms with E-state index in [9.17, 15) is 26.3 Å². The second kappa shape index (κ2) is 4.12. The van der Waals surface area contributed by atoms with Crippen molar-refractivity contribution in [3.8, 4) is 0 Å². The first-order chi connectivity index (χ1) is 7.57. The lowest BCUT2D eigenvalue weighted by Gasteiger charge is -2.17. The van der Waals surface area contributed by atoms with E-state index in [0.29, 0.717) is 12.1 Å². The van der Waals surface area contributed by atoms with Crippen molar-refractivity contribution in [1.82, 2.24) is 0 Å². The Morgan fingerprint density at radius 1 is 0.941 bits per heavy atom. The van der Waals surface area contributed by atoms with E-state index in [1.54, 1.807) is 0 Å². The van der Waals surface area contributed by atoms with Crippen molar-refractivity contribution in [3.63, 3.8) is 0 Å². The molecule has 0 atom stereocenters. The molecule has 1 rings (SSSR count). The van der Waals surface area contributed by atoms with E-state index in [1.807, 2.05) is 0 Å². The molecule has 2 N–H and O–H groups in total. The van der Waals surface area contributed by atoms with Crippen molar-refractivity contribution in [2.75, 3.05) is 5.73 Å². The van der Waals surface area contributed by atoms with Gasteiger partial charge in [0, 0.05) is 5.69 Å². The number of alkyl halides is 6. The van der Waals surface area contributed by atoms with Crippen LogP contribution in [0.15, 0.2) is 12.1 Å². The molecule has 0 aliphatic carbocycles. The van der Waals surface area contributed by atoms with Crippen LogP contribution in [0.3, 0.4) is 0 Å². The number of hydrogen-bond acceptors (Lipinski definition) is 1. The minimum absolute atomic E-state index is 0.0466. The summed E-state index contributed by atoms with van der Waals surface area (Å²) in [5.41, 5.74) is 1.59. The average molecular weight is 257 g/mol. The molecule has 0 amide bonds. The molecule has 1 aromatic carbocycles. The van der Waals surface area contributed by atoms with Crippen LogP contribution < -0.4 is 5.73 Å². The maximum absolute atomic E-state index is 12.5. The molecule has 0 radical (unpaired) electrons. The maximum Gasteiger partial charge on any atom is 0.417 e. The van der Waals surface area contributed by atoms with Crippen molar-refractivity contribution in [1.29, 1.82) is 0 Å². The monoisotopic (exact) mass is 257 g/mol.